The number of fused-ring (bicyclic) bond motifs is 1. The SMILES string of the molecule is CCn1nc(C)cc1CC1CCc2ccccc2C1Br. The lowest BCUT2D eigenvalue weighted by molar-refractivity contribution is 0.435. The molecule has 2 nitrogen and oxygen atoms in total. The highest BCUT2D eigenvalue weighted by Gasteiger charge is 2.28. The van der Waals surface area contributed by atoms with Gasteiger partial charge in [0.25, 0.3) is 0 Å². The van der Waals surface area contributed by atoms with Gasteiger partial charge >= 0.3 is 0 Å². The Kier molecular flexibility index (Phi) is 3.97. The molecule has 2 atom stereocenters. The van der Waals surface area contributed by atoms with Crippen molar-refractivity contribution in [2.24, 2.45) is 5.92 Å². The fraction of sp³-hybridized carbons (Fsp3) is 0.471. The minimum Gasteiger partial charge on any atom is -0.270 e. The van der Waals surface area contributed by atoms with E-state index in [1.165, 1.54) is 29.7 Å². The molecule has 1 aliphatic carbocycles. The first kappa shape index (κ1) is 13.9. The highest BCUT2D eigenvalue weighted by atomic mass is 79.9. The van der Waals surface area contributed by atoms with E-state index in [2.05, 4.69) is 69.9 Å². The number of benzene rings is 1. The quantitative estimate of drug-likeness (QED) is 0.759. The maximum Gasteiger partial charge on any atom is 0.0596 e. The lowest BCUT2D eigenvalue weighted by Gasteiger charge is -2.30. The summed E-state index contributed by atoms with van der Waals surface area (Å²) in [6.07, 6.45) is 3.56. The molecule has 0 saturated heterocycles. The van der Waals surface area contributed by atoms with Crippen LogP contribution in [-0.2, 0) is 19.4 Å². The first-order valence-electron chi connectivity index (χ1n) is 7.44. The predicted molar refractivity (Wildman–Crippen MR) is 86.3 cm³/mol. The Hall–Kier alpha value is -1.09. The van der Waals surface area contributed by atoms with Crippen molar-refractivity contribution in [3.63, 3.8) is 0 Å². The molecule has 0 saturated carbocycles. The van der Waals surface area contributed by atoms with Gasteiger partial charge in [0.05, 0.1) is 5.69 Å². The Balaban J connectivity index is 1.82. The Morgan fingerprint density at radius 1 is 1.35 bits per heavy atom. The average molecular weight is 333 g/mol. The van der Waals surface area contributed by atoms with Gasteiger partial charge in [-0.05, 0) is 56.2 Å². The van der Waals surface area contributed by atoms with Gasteiger partial charge < -0.3 is 0 Å². The second-order valence-electron chi connectivity index (χ2n) is 5.70. The summed E-state index contributed by atoms with van der Waals surface area (Å²) in [4.78, 5) is 0.466. The molecule has 106 valence electrons. The van der Waals surface area contributed by atoms with E-state index in [4.69, 9.17) is 0 Å². The van der Waals surface area contributed by atoms with E-state index < -0.39 is 0 Å². The average Bonchev–Trinajstić information content (AvgIpc) is 2.82. The van der Waals surface area contributed by atoms with Crippen LogP contribution in [0.15, 0.2) is 30.3 Å². The largest absolute Gasteiger partial charge is 0.270 e. The van der Waals surface area contributed by atoms with E-state index in [1.54, 1.807) is 0 Å². The maximum atomic E-state index is 4.57. The summed E-state index contributed by atoms with van der Waals surface area (Å²) in [5.74, 6) is 0.659. The normalized spacial score (nSPS) is 21.8. The van der Waals surface area contributed by atoms with E-state index in [-0.39, 0.29) is 0 Å². The van der Waals surface area contributed by atoms with Gasteiger partial charge in [0.15, 0.2) is 0 Å². The van der Waals surface area contributed by atoms with Crippen molar-refractivity contribution in [3.8, 4) is 0 Å². The van der Waals surface area contributed by atoms with Crippen molar-refractivity contribution in [2.45, 2.75) is 44.5 Å². The highest BCUT2D eigenvalue weighted by molar-refractivity contribution is 9.09. The minimum absolute atomic E-state index is 0.466. The molecular formula is C17H21BrN2. The van der Waals surface area contributed by atoms with Gasteiger partial charge in [-0.2, -0.15) is 5.10 Å². The number of hydrogen-bond donors (Lipinski definition) is 0. The summed E-state index contributed by atoms with van der Waals surface area (Å²) >= 11 is 3.93. The van der Waals surface area contributed by atoms with Crippen LogP contribution in [0.3, 0.4) is 0 Å². The van der Waals surface area contributed by atoms with Crippen molar-refractivity contribution in [1.29, 1.82) is 0 Å². The van der Waals surface area contributed by atoms with E-state index in [0.717, 1.165) is 18.7 Å². The summed E-state index contributed by atoms with van der Waals surface area (Å²) in [6, 6.07) is 11.1. The molecule has 1 aromatic heterocycles. The molecule has 0 fully saturated rings. The molecule has 20 heavy (non-hydrogen) atoms. The Morgan fingerprint density at radius 3 is 2.95 bits per heavy atom. The number of hydrogen-bond acceptors (Lipinski definition) is 1. The molecule has 2 unspecified atom stereocenters. The lowest BCUT2D eigenvalue weighted by atomic mass is 9.81. The van der Waals surface area contributed by atoms with Crippen LogP contribution in [0.5, 0.6) is 0 Å². The standard InChI is InChI=1S/C17H21BrN2/c1-3-20-15(10-12(2)19-20)11-14-9-8-13-6-4-5-7-16(13)17(14)18/h4-7,10,14,17H,3,8-9,11H2,1-2H3. The molecule has 2 aromatic rings. The molecule has 1 aliphatic rings. The molecule has 1 heterocycles. The molecule has 0 aliphatic heterocycles. The number of nitrogens with zero attached hydrogens (tertiary/aromatic N) is 2. The molecule has 0 bridgehead atoms. The van der Waals surface area contributed by atoms with Crippen LogP contribution < -0.4 is 0 Å². The van der Waals surface area contributed by atoms with Gasteiger partial charge in [-0.25, -0.2) is 0 Å². The molecule has 0 radical (unpaired) electrons. The summed E-state index contributed by atoms with van der Waals surface area (Å²) in [6.45, 7) is 5.20. The van der Waals surface area contributed by atoms with Crippen molar-refractivity contribution in [2.75, 3.05) is 0 Å². The monoisotopic (exact) mass is 332 g/mol. The third kappa shape index (κ3) is 2.56. The van der Waals surface area contributed by atoms with Gasteiger partial charge in [0.2, 0.25) is 0 Å². The molecule has 3 rings (SSSR count). The smallest absolute Gasteiger partial charge is 0.0596 e. The third-order valence-corrected chi connectivity index (χ3v) is 5.55. The van der Waals surface area contributed by atoms with Crippen LogP contribution in [0.2, 0.25) is 0 Å². The van der Waals surface area contributed by atoms with Gasteiger partial charge in [0.1, 0.15) is 0 Å². The van der Waals surface area contributed by atoms with Gasteiger partial charge in [-0.15, -0.1) is 0 Å². The fourth-order valence-electron chi connectivity index (χ4n) is 3.28. The lowest BCUT2D eigenvalue weighted by Crippen LogP contribution is -2.20. The number of aryl methyl sites for hydroxylation is 3. The van der Waals surface area contributed by atoms with E-state index in [1.807, 2.05) is 0 Å². The fourth-order valence-corrected chi connectivity index (χ4v) is 4.18. The Morgan fingerprint density at radius 2 is 2.15 bits per heavy atom. The maximum absolute atomic E-state index is 4.57. The topological polar surface area (TPSA) is 17.8 Å². The molecule has 0 N–H and O–H groups in total. The van der Waals surface area contributed by atoms with Crippen molar-refractivity contribution >= 4 is 15.9 Å². The Labute approximate surface area is 129 Å². The minimum atomic E-state index is 0.466. The molecule has 0 amide bonds. The van der Waals surface area contributed by atoms with Crippen LogP contribution in [0, 0.1) is 12.8 Å². The Bertz CT molecular complexity index is 603. The molecule has 3 heteroatoms. The van der Waals surface area contributed by atoms with Crippen LogP contribution in [-0.4, -0.2) is 9.78 Å². The number of alkyl halides is 1. The second kappa shape index (κ2) is 5.72. The summed E-state index contributed by atoms with van der Waals surface area (Å²) in [5.41, 5.74) is 5.48. The zero-order valence-corrected chi connectivity index (χ0v) is 13.7. The van der Waals surface area contributed by atoms with E-state index in [0.29, 0.717) is 10.7 Å². The van der Waals surface area contributed by atoms with Crippen LogP contribution in [0.1, 0.15) is 40.7 Å². The number of rotatable bonds is 3. The first-order chi connectivity index (χ1) is 9.69. The van der Waals surface area contributed by atoms with Crippen molar-refractivity contribution < 1.29 is 0 Å². The van der Waals surface area contributed by atoms with E-state index in [9.17, 15) is 0 Å². The van der Waals surface area contributed by atoms with E-state index >= 15 is 0 Å². The summed E-state index contributed by atoms with van der Waals surface area (Å²) < 4.78 is 2.15. The molecular weight excluding hydrogens is 312 g/mol. The van der Waals surface area contributed by atoms with Crippen LogP contribution >= 0.6 is 15.9 Å². The van der Waals surface area contributed by atoms with Gasteiger partial charge in [-0.3, -0.25) is 4.68 Å². The van der Waals surface area contributed by atoms with Crippen molar-refractivity contribution in [1.82, 2.24) is 9.78 Å². The highest BCUT2D eigenvalue weighted by Crippen LogP contribution is 2.41. The third-order valence-electron chi connectivity index (χ3n) is 4.31. The second-order valence-corrected chi connectivity index (χ2v) is 6.68. The first-order valence-corrected chi connectivity index (χ1v) is 8.35. The van der Waals surface area contributed by atoms with Crippen molar-refractivity contribution in [3.05, 3.63) is 52.8 Å². The zero-order valence-electron chi connectivity index (χ0n) is 12.1. The van der Waals surface area contributed by atoms with Crippen LogP contribution in [0.4, 0.5) is 0 Å². The predicted octanol–water partition coefficient (Wildman–Crippen LogP) is 4.45. The molecule has 1 aromatic carbocycles. The zero-order chi connectivity index (χ0) is 14.1. The van der Waals surface area contributed by atoms with Gasteiger partial charge in [0, 0.05) is 17.1 Å². The van der Waals surface area contributed by atoms with Gasteiger partial charge in [-0.1, -0.05) is 40.2 Å². The number of aromatic nitrogens is 2. The summed E-state index contributed by atoms with van der Waals surface area (Å²) in [7, 11) is 0. The number of halogens is 1. The summed E-state index contributed by atoms with van der Waals surface area (Å²) in [5, 5.41) is 4.57. The molecule has 0 spiro atoms. The van der Waals surface area contributed by atoms with Crippen LogP contribution in [0.25, 0.3) is 0 Å².